The van der Waals surface area contributed by atoms with Crippen LogP contribution in [0.4, 0.5) is 0 Å². The van der Waals surface area contributed by atoms with Crippen LogP contribution in [0.25, 0.3) is 0 Å². The Balaban J connectivity index is 4.89. The fraction of sp³-hybridized carbons (Fsp3) is 0.200. The molecule has 10 heavy (non-hydrogen) atoms. The van der Waals surface area contributed by atoms with Crippen LogP contribution in [-0.2, 0) is 9.84 Å². The smallest absolute Gasteiger partial charge is 0.194 e. The SMILES string of the molecule is C=N/C=C(\N=C)S(C)(=O)=O. The van der Waals surface area contributed by atoms with Crippen molar-refractivity contribution in [3.63, 3.8) is 0 Å². The summed E-state index contributed by atoms with van der Waals surface area (Å²) in [5, 5.41) is -0.164. The summed E-state index contributed by atoms with van der Waals surface area (Å²) >= 11 is 0. The molecule has 0 bridgehead atoms. The predicted octanol–water partition coefficient (Wildman–Crippen LogP) is 0.231. The molecule has 0 saturated heterocycles. The molecular weight excluding hydrogens is 152 g/mol. The van der Waals surface area contributed by atoms with Gasteiger partial charge in [0.1, 0.15) is 0 Å². The van der Waals surface area contributed by atoms with Gasteiger partial charge >= 0.3 is 0 Å². The minimum Gasteiger partial charge on any atom is -0.269 e. The van der Waals surface area contributed by atoms with Crippen molar-refractivity contribution in [2.45, 2.75) is 0 Å². The Labute approximate surface area is 59.9 Å². The van der Waals surface area contributed by atoms with Gasteiger partial charge in [-0.2, -0.15) is 0 Å². The van der Waals surface area contributed by atoms with Crippen LogP contribution in [0.1, 0.15) is 0 Å². The highest BCUT2D eigenvalue weighted by atomic mass is 32.2. The van der Waals surface area contributed by atoms with Crippen molar-refractivity contribution in [2.24, 2.45) is 9.98 Å². The van der Waals surface area contributed by atoms with Crippen LogP contribution in [0.2, 0.25) is 0 Å². The standard InChI is InChI=1S/C5H8N2O2S/c1-6-4-5(7-2)10(3,8)9/h4H,1-2H2,3H3/b5-4+. The zero-order chi connectivity index (χ0) is 8.20. The van der Waals surface area contributed by atoms with Gasteiger partial charge in [0.15, 0.2) is 14.9 Å². The van der Waals surface area contributed by atoms with Gasteiger partial charge in [0, 0.05) is 6.26 Å². The highest BCUT2D eigenvalue weighted by Crippen LogP contribution is 2.03. The molecule has 0 aromatic heterocycles. The number of hydrogen-bond acceptors (Lipinski definition) is 4. The third-order valence-corrected chi connectivity index (χ3v) is 1.73. The average molecular weight is 160 g/mol. The number of hydrogen-bond donors (Lipinski definition) is 0. The number of sulfone groups is 1. The summed E-state index contributed by atoms with van der Waals surface area (Å²) in [5.74, 6) is 0. The average Bonchev–Trinajstić information content (AvgIpc) is 1.80. The molecule has 0 aromatic carbocycles. The maximum absolute atomic E-state index is 10.7. The normalized spacial score (nSPS) is 12.7. The molecule has 0 aromatic rings. The maximum Gasteiger partial charge on any atom is 0.194 e. The van der Waals surface area contributed by atoms with Crippen LogP contribution in [0.3, 0.4) is 0 Å². The van der Waals surface area contributed by atoms with Crippen molar-refractivity contribution in [1.29, 1.82) is 0 Å². The first-order valence-corrected chi connectivity index (χ1v) is 4.24. The Bertz CT molecular complexity index is 263. The fourth-order valence-electron chi connectivity index (χ4n) is 0.332. The molecule has 0 aliphatic heterocycles. The molecule has 0 N–H and O–H groups in total. The van der Waals surface area contributed by atoms with Crippen molar-refractivity contribution in [3.8, 4) is 0 Å². The molecule has 0 rings (SSSR count). The van der Waals surface area contributed by atoms with E-state index in [0.717, 1.165) is 12.5 Å². The van der Waals surface area contributed by atoms with Gasteiger partial charge < -0.3 is 0 Å². The molecule has 0 unspecified atom stereocenters. The van der Waals surface area contributed by atoms with Crippen molar-refractivity contribution in [2.75, 3.05) is 6.26 Å². The molecule has 0 amide bonds. The van der Waals surface area contributed by atoms with E-state index in [4.69, 9.17) is 0 Å². The van der Waals surface area contributed by atoms with Crippen LogP contribution in [0.5, 0.6) is 0 Å². The van der Waals surface area contributed by atoms with Gasteiger partial charge in [-0.3, -0.25) is 9.98 Å². The second-order valence-corrected chi connectivity index (χ2v) is 3.54. The van der Waals surface area contributed by atoms with E-state index in [1.807, 2.05) is 0 Å². The van der Waals surface area contributed by atoms with E-state index in [0.29, 0.717) is 0 Å². The van der Waals surface area contributed by atoms with E-state index in [1.54, 1.807) is 0 Å². The molecule has 0 aliphatic rings. The lowest BCUT2D eigenvalue weighted by Crippen LogP contribution is -1.97. The number of nitrogens with zero attached hydrogens (tertiary/aromatic N) is 2. The zero-order valence-corrected chi connectivity index (χ0v) is 6.43. The van der Waals surface area contributed by atoms with Crippen LogP contribution in [-0.4, -0.2) is 28.1 Å². The largest absolute Gasteiger partial charge is 0.269 e. The van der Waals surface area contributed by atoms with E-state index in [1.165, 1.54) is 0 Å². The van der Waals surface area contributed by atoms with Crippen LogP contribution in [0.15, 0.2) is 21.2 Å². The maximum atomic E-state index is 10.7. The van der Waals surface area contributed by atoms with Gasteiger partial charge in [-0.1, -0.05) is 0 Å². The summed E-state index contributed by atoms with van der Waals surface area (Å²) in [6.45, 7) is 6.14. The second kappa shape index (κ2) is 3.26. The summed E-state index contributed by atoms with van der Waals surface area (Å²) in [4.78, 5) is 6.49. The van der Waals surface area contributed by atoms with Crippen LogP contribution < -0.4 is 0 Å². The summed E-state index contributed by atoms with van der Waals surface area (Å²) in [6.07, 6.45) is 2.07. The summed E-state index contributed by atoms with van der Waals surface area (Å²) in [6, 6.07) is 0. The zero-order valence-electron chi connectivity index (χ0n) is 5.61. The number of aliphatic imine (C=N–C) groups is 2. The van der Waals surface area contributed by atoms with Gasteiger partial charge in [0.25, 0.3) is 0 Å². The molecule has 0 saturated carbocycles. The molecule has 0 fully saturated rings. The third-order valence-electron chi connectivity index (χ3n) is 0.737. The second-order valence-electron chi connectivity index (χ2n) is 1.58. The molecular formula is C5H8N2O2S. The lowest BCUT2D eigenvalue weighted by atomic mass is 10.9. The molecule has 4 nitrogen and oxygen atoms in total. The van der Waals surface area contributed by atoms with E-state index >= 15 is 0 Å². The Hall–Kier alpha value is -0.970. The molecule has 0 aliphatic carbocycles. The fourth-order valence-corrected chi connectivity index (χ4v) is 0.832. The summed E-state index contributed by atoms with van der Waals surface area (Å²) < 4.78 is 21.3. The van der Waals surface area contributed by atoms with Crippen molar-refractivity contribution in [1.82, 2.24) is 0 Å². The Morgan fingerprint density at radius 3 is 2.10 bits per heavy atom. The highest BCUT2D eigenvalue weighted by molar-refractivity contribution is 7.94. The van der Waals surface area contributed by atoms with Crippen LogP contribution in [0, 0.1) is 0 Å². The van der Waals surface area contributed by atoms with E-state index in [-0.39, 0.29) is 5.03 Å². The van der Waals surface area contributed by atoms with Gasteiger partial charge in [-0.15, -0.1) is 0 Å². The Kier molecular flexibility index (Phi) is 2.95. The highest BCUT2D eigenvalue weighted by Gasteiger charge is 2.06. The molecule has 0 radical (unpaired) electrons. The monoisotopic (exact) mass is 160 g/mol. The molecule has 5 heteroatoms. The van der Waals surface area contributed by atoms with Gasteiger partial charge in [-0.05, 0) is 13.4 Å². The number of rotatable bonds is 3. The first-order valence-electron chi connectivity index (χ1n) is 2.35. The van der Waals surface area contributed by atoms with Crippen molar-refractivity contribution in [3.05, 3.63) is 11.2 Å². The molecule has 0 spiro atoms. The summed E-state index contributed by atoms with van der Waals surface area (Å²) in [7, 11) is -3.28. The van der Waals surface area contributed by atoms with Crippen molar-refractivity contribution >= 4 is 23.3 Å². The minimum atomic E-state index is -3.28. The molecule has 0 heterocycles. The summed E-state index contributed by atoms with van der Waals surface area (Å²) in [5.41, 5.74) is 0. The quantitative estimate of drug-likeness (QED) is 0.555. The Morgan fingerprint density at radius 1 is 1.50 bits per heavy atom. The van der Waals surface area contributed by atoms with E-state index < -0.39 is 9.84 Å². The van der Waals surface area contributed by atoms with Gasteiger partial charge in [-0.25, -0.2) is 8.42 Å². The third kappa shape index (κ3) is 2.54. The van der Waals surface area contributed by atoms with E-state index in [2.05, 4.69) is 23.4 Å². The van der Waals surface area contributed by atoms with E-state index in [9.17, 15) is 8.42 Å². The lowest BCUT2D eigenvalue weighted by molar-refractivity contribution is 0.607. The first kappa shape index (κ1) is 9.03. The predicted molar refractivity (Wildman–Crippen MR) is 42.0 cm³/mol. The molecule has 56 valence electrons. The van der Waals surface area contributed by atoms with Crippen LogP contribution >= 0.6 is 0 Å². The molecule has 0 atom stereocenters. The van der Waals surface area contributed by atoms with Gasteiger partial charge in [0.2, 0.25) is 0 Å². The lowest BCUT2D eigenvalue weighted by Gasteiger charge is -1.92. The Morgan fingerprint density at radius 2 is 2.00 bits per heavy atom. The van der Waals surface area contributed by atoms with Gasteiger partial charge in [0.05, 0.1) is 6.20 Å². The first-order chi connectivity index (χ1) is 4.52. The topological polar surface area (TPSA) is 58.9 Å². The minimum absolute atomic E-state index is 0.164. The van der Waals surface area contributed by atoms with Crippen molar-refractivity contribution < 1.29 is 8.42 Å².